The van der Waals surface area contributed by atoms with Crippen LogP contribution in [0.3, 0.4) is 0 Å². The summed E-state index contributed by atoms with van der Waals surface area (Å²) in [7, 11) is 0. The van der Waals surface area contributed by atoms with Crippen LogP contribution in [0.1, 0.15) is 70.6 Å². The Morgan fingerprint density at radius 2 is 1.75 bits per heavy atom. The minimum atomic E-state index is -0.0218. The molecule has 32 heavy (non-hydrogen) atoms. The van der Waals surface area contributed by atoms with Gasteiger partial charge < -0.3 is 16.4 Å². The van der Waals surface area contributed by atoms with E-state index < -0.39 is 0 Å². The molecule has 4 N–H and O–H groups in total. The van der Waals surface area contributed by atoms with Gasteiger partial charge in [0.25, 0.3) is 0 Å². The average molecular weight is 442 g/mol. The maximum Gasteiger partial charge on any atom is 0.220 e. The number of aromatic nitrogens is 1. The third-order valence-corrected chi connectivity index (χ3v) is 4.60. The molecule has 0 aliphatic heterocycles. The van der Waals surface area contributed by atoms with E-state index in [0.29, 0.717) is 38.9 Å². The van der Waals surface area contributed by atoms with Gasteiger partial charge in [0, 0.05) is 38.3 Å². The smallest absolute Gasteiger partial charge is 0.220 e. The highest BCUT2D eigenvalue weighted by Gasteiger charge is 2.06. The van der Waals surface area contributed by atoms with Crippen molar-refractivity contribution in [1.29, 1.82) is 0 Å². The first kappa shape index (κ1) is 27.2. The van der Waals surface area contributed by atoms with Crippen LogP contribution in [0.25, 0.3) is 0 Å². The number of rotatable bonds is 15. The third-order valence-electron chi connectivity index (χ3n) is 4.60. The molecule has 0 radical (unpaired) electrons. The average Bonchev–Trinajstić information content (AvgIpc) is 2.76. The number of nitrogens with zero attached hydrogens (tertiary/aromatic N) is 2. The minimum Gasteiger partial charge on any atom is -0.356 e. The lowest BCUT2D eigenvalue weighted by molar-refractivity contribution is -0.122. The number of unbranched alkanes of at least 4 members (excludes halogenated alkanes) is 1. The zero-order chi connectivity index (χ0) is 23.6. The molecule has 0 bridgehead atoms. The van der Waals surface area contributed by atoms with E-state index in [1.54, 1.807) is 6.20 Å². The van der Waals surface area contributed by atoms with Crippen molar-refractivity contribution in [1.82, 2.24) is 15.6 Å². The molecule has 1 aromatic heterocycles. The number of allylic oxidation sites excluding steroid dienone is 3. The molecule has 0 atom stereocenters. The van der Waals surface area contributed by atoms with Gasteiger partial charge in [-0.05, 0) is 83.2 Å². The molecule has 0 aromatic carbocycles. The Kier molecular flexibility index (Phi) is 14.3. The second kappa shape index (κ2) is 16.8. The minimum absolute atomic E-state index is 0.00231. The normalized spacial score (nSPS) is 11.4. The van der Waals surface area contributed by atoms with E-state index in [1.165, 1.54) is 11.1 Å². The van der Waals surface area contributed by atoms with Crippen LogP contribution >= 0.6 is 0 Å². The zero-order valence-corrected chi connectivity index (χ0v) is 19.8. The molecule has 0 unspecified atom stereocenters. The van der Waals surface area contributed by atoms with Gasteiger partial charge in [-0.2, -0.15) is 0 Å². The molecular weight excluding hydrogens is 402 g/mol. The Balaban J connectivity index is 2.33. The first-order valence-corrected chi connectivity index (χ1v) is 11.5. The fourth-order valence-corrected chi connectivity index (χ4v) is 2.97. The number of pyridine rings is 1. The zero-order valence-electron chi connectivity index (χ0n) is 19.8. The van der Waals surface area contributed by atoms with Crippen LogP contribution in [0.4, 0.5) is 0 Å². The quantitative estimate of drug-likeness (QED) is 0.286. The Bertz CT molecular complexity index is 795. The van der Waals surface area contributed by atoms with Crippen molar-refractivity contribution in [3.63, 3.8) is 0 Å². The van der Waals surface area contributed by atoms with Crippen LogP contribution < -0.4 is 16.4 Å². The van der Waals surface area contributed by atoms with Gasteiger partial charge in [-0.25, -0.2) is 0 Å². The monoisotopic (exact) mass is 441 g/mol. The van der Waals surface area contributed by atoms with E-state index in [2.05, 4.69) is 26.7 Å². The number of nitrogens with one attached hydrogen (secondary N) is 2. The van der Waals surface area contributed by atoms with E-state index in [1.807, 2.05) is 45.2 Å². The summed E-state index contributed by atoms with van der Waals surface area (Å²) in [6, 6.07) is 4.11. The fourth-order valence-electron chi connectivity index (χ4n) is 2.97. The Morgan fingerprint density at radius 1 is 1.06 bits per heavy atom. The van der Waals surface area contributed by atoms with Crippen LogP contribution in [0.15, 0.2) is 47.2 Å². The van der Waals surface area contributed by atoms with Gasteiger partial charge in [-0.1, -0.05) is 11.6 Å². The highest BCUT2D eigenvalue weighted by molar-refractivity contribution is 6.08. The molecule has 1 rings (SSSR count). The predicted molar refractivity (Wildman–Crippen MR) is 131 cm³/mol. The van der Waals surface area contributed by atoms with Crippen molar-refractivity contribution in [3.05, 3.63) is 53.5 Å². The van der Waals surface area contributed by atoms with Gasteiger partial charge in [0.05, 0.1) is 11.4 Å². The fraction of sp³-hybridized carbons (Fsp3) is 0.520. The number of hydrogen-bond acceptors (Lipinski definition) is 5. The molecule has 7 nitrogen and oxygen atoms in total. The van der Waals surface area contributed by atoms with Crippen molar-refractivity contribution < 1.29 is 9.59 Å². The highest BCUT2D eigenvalue weighted by Crippen LogP contribution is 2.10. The molecule has 0 saturated heterocycles. The molecular formula is C25H39N5O2. The van der Waals surface area contributed by atoms with Crippen LogP contribution in [-0.4, -0.2) is 42.1 Å². The standard InChI is InChI=1S/C25H39N5O2/c1-4-14-27-22(18-20(2)3)23-19-21(12-17-28-23)9-5-6-15-29-24(31)10-7-11-25(32)30-16-8-13-26/h4,12,14,17-19H,5-11,13,15-16,26H2,1-3H3,(H,29,31)(H,30,32)/b14-4+,27-22?. The molecule has 7 heteroatoms. The van der Waals surface area contributed by atoms with Crippen LogP contribution in [-0.2, 0) is 16.0 Å². The molecule has 176 valence electrons. The number of carbonyl (C=O) groups is 2. The molecule has 1 aromatic rings. The number of hydrogen-bond donors (Lipinski definition) is 3. The Labute approximate surface area is 192 Å². The van der Waals surface area contributed by atoms with Gasteiger partial charge in [-0.15, -0.1) is 0 Å². The molecule has 1 heterocycles. The molecule has 0 fully saturated rings. The predicted octanol–water partition coefficient (Wildman–Crippen LogP) is 3.44. The number of nitrogens with two attached hydrogens (primary N) is 1. The largest absolute Gasteiger partial charge is 0.356 e. The summed E-state index contributed by atoms with van der Waals surface area (Å²) in [5, 5.41) is 5.73. The summed E-state index contributed by atoms with van der Waals surface area (Å²) >= 11 is 0. The third kappa shape index (κ3) is 12.8. The van der Waals surface area contributed by atoms with Gasteiger partial charge in [-0.3, -0.25) is 19.6 Å². The first-order valence-electron chi connectivity index (χ1n) is 11.5. The maximum absolute atomic E-state index is 11.9. The molecule has 0 spiro atoms. The topological polar surface area (TPSA) is 109 Å². The van der Waals surface area contributed by atoms with Gasteiger partial charge in [0.2, 0.25) is 11.8 Å². The van der Waals surface area contributed by atoms with E-state index >= 15 is 0 Å². The summed E-state index contributed by atoms with van der Waals surface area (Å²) < 4.78 is 0. The number of aryl methyl sites for hydroxylation is 1. The van der Waals surface area contributed by atoms with E-state index in [0.717, 1.165) is 37.1 Å². The van der Waals surface area contributed by atoms with Gasteiger partial charge >= 0.3 is 0 Å². The number of aliphatic imine (C=N–C) groups is 1. The summed E-state index contributed by atoms with van der Waals surface area (Å²) in [6.07, 6.45) is 12.4. The summed E-state index contributed by atoms with van der Waals surface area (Å²) in [6.45, 7) is 7.83. The highest BCUT2D eigenvalue weighted by atomic mass is 16.2. The molecule has 0 aliphatic carbocycles. The molecule has 0 saturated carbocycles. The maximum atomic E-state index is 11.9. The van der Waals surface area contributed by atoms with Crippen LogP contribution in [0.5, 0.6) is 0 Å². The lowest BCUT2D eigenvalue weighted by atomic mass is 10.1. The van der Waals surface area contributed by atoms with Crippen LogP contribution in [0.2, 0.25) is 0 Å². The van der Waals surface area contributed by atoms with E-state index in [9.17, 15) is 9.59 Å². The molecule has 2 amide bonds. The van der Waals surface area contributed by atoms with Crippen molar-refractivity contribution >= 4 is 17.5 Å². The van der Waals surface area contributed by atoms with Crippen LogP contribution in [0, 0.1) is 0 Å². The lowest BCUT2D eigenvalue weighted by Gasteiger charge is -2.07. The van der Waals surface area contributed by atoms with Gasteiger partial charge in [0.1, 0.15) is 0 Å². The van der Waals surface area contributed by atoms with Gasteiger partial charge in [0.15, 0.2) is 0 Å². The summed E-state index contributed by atoms with van der Waals surface area (Å²) in [5.41, 5.74) is 9.48. The van der Waals surface area contributed by atoms with Crippen molar-refractivity contribution in [2.45, 2.75) is 65.7 Å². The first-order chi connectivity index (χ1) is 15.5. The number of amides is 2. The lowest BCUT2D eigenvalue weighted by Crippen LogP contribution is -2.27. The van der Waals surface area contributed by atoms with E-state index in [4.69, 9.17) is 5.73 Å². The number of carbonyl (C=O) groups excluding carboxylic acids is 2. The molecule has 0 aliphatic rings. The van der Waals surface area contributed by atoms with Crippen molar-refractivity contribution in [2.24, 2.45) is 10.7 Å². The summed E-state index contributed by atoms with van der Waals surface area (Å²) in [5.74, 6) is -0.0241. The second-order valence-electron chi connectivity index (χ2n) is 7.92. The Morgan fingerprint density at radius 3 is 2.38 bits per heavy atom. The summed E-state index contributed by atoms with van der Waals surface area (Å²) in [4.78, 5) is 32.5. The SMILES string of the molecule is C/C=C/N=C(C=C(C)C)c1cc(CCCCNC(=O)CCCC(=O)NCCCN)ccn1. The van der Waals surface area contributed by atoms with Crippen molar-refractivity contribution in [2.75, 3.05) is 19.6 Å². The second-order valence-corrected chi connectivity index (χ2v) is 7.92. The Hall–Kier alpha value is -2.80. The van der Waals surface area contributed by atoms with Crippen molar-refractivity contribution in [3.8, 4) is 0 Å². The van der Waals surface area contributed by atoms with E-state index in [-0.39, 0.29) is 11.8 Å².